The number of aromatic nitrogens is 3. The summed E-state index contributed by atoms with van der Waals surface area (Å²) in [7, 11) is 0. The molecular weight excluding hydrogens is 366 g/mol. The Morgan fingerprint density at radius 2 is 2.07 bits per heavy atom. The second-order valence-corrected chi connectivity index (χ2v) is 7.78. The van der Waals surface area contributed by atoms with Crippen LogP contribution in [0.1, 0.15) is 36.1 Å². The lowest BCUT2D eigenvalue weighted by Gasteiger charge is -2.26. The van der Waals surface area contributed by atoms with Crippen molar-refractivity contribution in [1.29, 1.82) is 0 Å². The van der Waals surface area contributed by atoms with Gasteiger partial charge in [0.15, 0.2) is 0 Å². The standard InChI is InChI=1S/C22H29N5O2/c1-16(2)27-15-19(24-17(27)3)21-14-18(20-6-4-5-8-26(20)21)22(28)23-7-9-25-10-12-29-13-11-25/h4-6,8,14-16H,7,9-13H2,1-3H3,(H,23,28). The van der Waals surface area contributed by atoms with E-state index in [9.17, 15) is 4.79 Å². The van der Waals surface area contributed by atoms with Crippen LogP contribution >= 0.6 is 0 Å². The molecule has 1 aliphatic heterocycles. The Bertz CT molecular complexity index is 998. The van der Waals surface area contributed by atoms with Crippen molar-refractivity contribution >= 4 is 11.4 Å². The predicted octanol–water partition coefficient (Wildman–Crippen LogP) is 2.75. The van der Waals surface area contributed by atoms with Crippen LogP contribution in [-0.4, -0.2) is 64.2 Å². The number of carbonyl (C=O) groups is 1. The summed E-state index contributed by atoms with van der Waals surface area (Å²) in [5.41, 5.74) is 3.38. The molecule has 0 atom stereocenters. The zero-order valence-corrected chi connectivity index (χ0v) is 17.4. The highest BCUT2D eigenvalue weighted by Gasteiger charge is 2.19. The minimum atomic E-state index is -0.0479. The number of hydrogen-bond donors (Lipinski definition) is 1. The first-order valence-electron chi connectivity index (χ1n) is 10.3. The Morgan fingerprint density at radius 3 is 2.79 bits per heavy atom. The average Bonchev–Trinajstić information content (AvgIpc) is 3.29. The molecule has 1 saturated heterocycles. The average molecular weight is 396 g/mol. The van der Waals surface area contributed by atoms with Gasteiger partial charge in [-0.05, 0) is 39.0 Å². The fourth-order valence-corrected chi connectivity index (χ4v) is 3.91. The Kier molecular flexibility index (Phi) is 5.69. The molecule has 1 amide bonds. The lowest BCUT2D eigenvalue weighted by molar-refractivity contribution is 0.0383. The fourth-order valence-electron chi connectivity index (χ4n) is 3.91. The molecule has 0 saturated carbocycles. The van der Waals surface area contributed by atoms with Crippen LogP contribution in [0.3, 0.4) is 0 Å². The van der Waals surface area contributed by atoms with Crippen LogP contribution < -0.4 is 5.32 Å². The van der Waals surface area contributed by atoms with Gasteiger partial charge >= 0.3 is 0 Å². The van der Waals surface area contributed by atoms with Crippen molar-refractivity contribution in [1.82, 2.24) is 24.2 Å². The summed E-state index contributed by atoms with van der Waals surface area (Å²) in [5, 5.41) is 3.08. The molecule has 7 nitrogen and oxygen atoms in total. The maximum atomic E-state index is 12.9. The first kappa shape index (κ1) is 19.7. The summed E-state index contributed by atoms with van der Waals surface area (Å²) in [6.45, 7) is 11.1. The predicted molar refractivity (Wildman–Crippen MR) is 113 cm³/mol. The van der Waals surface area contributed by atoms with E-state index < -0.39 is 0 Å². The van der Waals surface area contributed by atoms with Gasteiger partial charge in [0.2, 0.25) is 0 Å². The van der Waals surface area contributed by atoms with E-state index in [0.29, 0.717) is 18.2 Å². The molecule has 0 radical (unpaired) electrons. The number of nitrogens with zero attached hydrogens (tertiary/aromatic N) is 4. The Morgan fingerprint density at radius 1 is 1.28 bits per heavy atom. The smallest absolute Gasteiger partial charge is 0.253 e. The van der Waals surface area contributed by atoms with Crippen LogP contribution in [-0.2, 0) is 4.74 Å². The number of morpholine rings is 1. The van der Waals surface area contributed by atoms with E-state index in [2.05, 4.69) is 34.8 Å². The largest absolute Gasteiger partial charge is 0.379 e. The number of aryl methyl sites for hydroxylation is 1. The molecule has 0 aliphatic carbocycles. The molecule has 1 fully saturated rings. The molecule has 0 bridgehead atoms. The molecule has 154 valence electrons. The van der Waals surface area contributed by atoms with Gasteiger partial charge in [-0.2, -0.15) is 0 Å². The van der Waals surface area contributed by atoms with Crippen LogP contribution in [0.4, 0.5) is 0 Å². The van der Waals surface area contributed by atoms with Crippen LogP contribution in [0.2, 0.25) is 0 Å². The van der Waals surface area contributed by atoms with Gasteiger partial charge in [-0.3, -0.25) is 9.69 Å². The number of amides is 1. The number of rotatable bonds is 6. The van der Waals surface area contributed by atoms with Crippen molar-refractivity contribution in [3.05, 3.63) is 48.0 Å². The highest BCUT2D eigenvalue weighted by Crippen LogP contribution is 2.27. The van der Waals surface area contributed by atoms with Gasteiger partial charge in [-0.1, -0.05) is 6.07 Å². The minimum absolute atomic E-state index is 0.0479. The third-order valence-electron chi connectivity index (χ3n) is 5.47. The molecule has 1 N–H and O–H groups in total. The summed E-state index contributed by atoms with van der Waals surface area (Å²) in [6, 6.07) is 8.20. The molecule has 4 heterocycles. The van der Waals surface area contributed by atoms with Crippen molar-refractivity contribution in [2.75, 3.05) is 39.4 Å². The number of nitrogens with one attached hydrogen (secondary N) is 1. The van der Waals surface area contributed by atoms with E-state index in [4.69, 9.17) is 9.72 Å². The Balaban J connectivity index is 1.57. The number of hydrogen-bond acceptors (Lipinski definition) is 4. The van der Waals surface area contributed by atoms with E-state index in [0.717, 1.165) is 55.6 Å². The first-order chi connectivity index (χ1) is 14.0. The number of carbonyl (C=O) groups excluding carboxylic acids is 1. The zero-order chi connectivity index (χ0) is 20.4. The van der Waals surface area contributed by atoms with Crippen molar-refractivity contribution < 1.29 is 9.53 Å². The molecule has 4 rings (SSSR count). The normalized spacial score (nSPS) is 15.3. The Labute approximate surface area is 171 Å². The topological polar surface area (TPSA) is 63.8 Å². The van der Waals surface area contributed by atoms with Gasteiger partial charge in [0.25, 0.3) is 5.91 Å². The maximum Gasteiger partial charge on any atom is 0.253 e. The second kappa shape index (κ2) is 8.39. The molecule has 1 aliphatic rings. The van der Waals surface area contributed by atoms with E-state index in [-0.39, 0.29) is 5.91 Å². The molecule has 7 heteroatoms. The highest BCUT2D eigenvalue weighted by atomic mass is 16.5. The third-order valence-corrected chi connectivity index (χ3v) is 5.47. The SMILES string of the molecule is Cc1nc(-c2cc(C(=O)NCCN3CCOCC3)c3ccccn23)cn1C(C)C. The molecule has 29 heavy (non-hydrogen) atoms. The summed E-state index contributed by atoms with van der Waals surface area (Å²) in [6.07, 6.45) is 4.05. The van der Waals surface area contributed by atoms with Crippen LogP contribution in [0, 0.1) is 6.92 Å². The number of fused-ring (bicyclic) bond motifs is 1. The van der Waals surface area contributed by atoms with E-state index in [1.165, 1.54) is 0 Å². The monoisotopic (exact) mass is 395 g/mol. The fraction of sp³-hybridized carbons (Fsp3) is 0.455. The summed E-state index contributed by atoms with van der Waals surface area (Å²) >= 11 is 0. The van der Waals surface area contributed by atoms with Crippen molar-refractivity contribution in [3.8, 4) is 11.4 Å². The lowest BCUT2D eigenvalue weighted by atomic mass is 10.2. The quantitative estimate of drug-likeness (QED) is 0.697. The first-order valence-corrected chi connectivity index (χ1v) is 10.3. The molecular formula is C22H29N5O2. The van der Waals surface area contributed by atoms with Crippen molar-refractivity contribution in [3.63, 3.8) is 0 Å². The van der Waals surface area contributed by atoms with Gasteiger partial charge in [-0.15, -0.1) is 0 Å². The summed E-state index contributed by atoms with van der Waals surface area (Å²) in [5.74, 6) is 0.922. The Hall–Kier alpha value is -2.64. The lowest BCUT2D eigenvalue weighted by Crippen LogP contribution is -2.41. The molecule has 0 unspecified atom stereocenters. The van der Waals surface area contributed by atoms with E-state index >= 15 is 0 Å². The van der Waals surface area contributed by atoms with Crippen molar-refractivity contribution in [2.45, 2.75) is 26.8 Å². The molecule has 3 aromatic heterocycles. The summed E-state index contributed by atoms with van der Waals surface area (Å²) < 4.78 is 9.57. The molecule has 3 aromatic rings. The van der Waals surface area contributed by atoms with Crippen molar-refractivity contribution in [2.24, 2.45) is 0 Å². The van der Waals surface area contributed by atoms with Crippen LogP contribution in [0.25, 0.3) is 16.9 Å². The van der Waals surface area contributed by atoms with Crippen LogP contribution in [0.15, 0.2) is 36.7 Å². The number of ether oxygens (including phenoxy) is 1. The van der Waals surface area contributed by atoms with Gasteiger partial charge in [0.05, 0.1) is 30.0 Å². The number of pyridine rings is 1. The highest BCUT2D eigenvalue weighted by molar-refractivity contribution is 6.02. The number of imidazole rings is 1. The van der Waals surface area contributed by atoms with E-state index in [1.807, 2.05) is 41.8 Å². The van der Waals surface area contributed by atoms with Gasteiger partial charge in [0, 0.05) is 44.6 Å². The van der Waals surface area contributed by atoms with E-state index in [1.54, 1.807) is 0 Å². The van der Waals surface area contributed by atoms with Gasteiger partial charge in [-0.25, -0.2) is 4.98 Å². The minimum Gasteiger partial charge on any atom is -0.379 e. The van der Waals surface area contributed by atoms with Crippen LogP contribution in [0.5, 0.6) is 0 Å². The van der Waals surface area contributed by atoms with Gasteiger partial charge in [0.1, 0.15) is 11.5 Å². The second-order valence-electron chi connectivity index (χ2n) is 7.78. The maximum absolute atomic E-state index is 12.9. The summed E-state index contributed by atoms with van der Waals surface area (Å²) in [4.78, 5) is 20.0. The third kappa shape index (κ3) is 4.06. The zero-order valence-electron chi connectivity index (χ0n) is 17.4. The molecule has 0 aromatic carbocycles. The van der Waals surface area contributed by atoms with Gasteiger partial charge < -0.3 is 19.0 Å². The molecule has 0 spiro atoms.